The predicted molar refractivity (Wildman–Crippen MR) is 103 cm³/mol. The van der Waals surface area contributed by atoms with E-state index in [-0.39, 0.29) is 4.90 Å². The van der Waals surface area contributed by atoms with Gasteiger partial charge in [-0.3, -0.25) is 4.99 Å². The topological polar surface area (TPSA) is 106 Å². The fraction of sp³-hybridized carbons (Fsp3) is 0.611. The van der Waals surface area contributed by atoms with E-state index in [2.05, 4.69) is 15.6 Å². The van der Waals surface area contributed by atoms with Crippen LogP contribution in [0.1, 0.15) is 44.1 Å². The maximum Gasteiger partial charge on any atom is 0.238 e. The third-order valence-electron chi connectivity index (χ3n) is 4.46. The van der Waals surface area contributed by atoms with E-state index >= 15 is 0 Å². The number of ether oxygens (including phenoxy) is 1. The summed E-state index contributed by atoms with van der Waals surface area (Å²) in [6.07, 6.45) is 7.87. The summed E-state index contributed by atoms with van der Waals surface area (Å²) in [4.78, 5) is 4.28. The average Bonchev–Trinajstić information content (AvgIpc) is 2.89. The van der Waals surface area contributed by atoms with E-state index in [0.29, 0.717) is 31.8 Å². The lowest BCUT2D eigenvalue weighted by atomic mass is 10.1. The van der Waals surface area contributed by atoms with E-state index in [1.165, 1.54) is 31.7 Å². The van der Waals surface area contributed by atoms with Gasteiger partial charge in [0.25, 0.3) is 0 Å². The molecular formula is C18H30N4O3S. The van der Waals surface area contributed by atoms with Gasteiger partial charge in [-0.05, 0) is 30.5 Å². The predicted octanol–water partition coefficient (Wildman–Crippen LogP) is 1.74. The average molecular weight is 383 g/mol. The molecule has 0 heterocycles. The number of hydrogen-bond acceptors (Lipinski definition) is 4. The van der Waals surface area contributed by atoms with E-state index in [1.54, 1.807) is 19.2 Å². The Hall–Kier alpha value is -1.64. The molecule has 2 rings (SSSR count). The van der Waals surface area contributed by atoms with Gasteiger partial charge in [0.15, 0.2) is 5.96 Å². The highest BCUT2D eigenvalue weighted by atomic mass is 32.2. The van der Waals surface area contributed by atoms with Crippen LogP contribution in [0, 0.1) is 0 Å². The van der Waals surface area contributed by atoms with Crippen molar-refractivity contribution in [2.24, 2.45) is 10.1 Å². The summed E-state index contributed by atoms with van der Waals surface area (Å²) in [6, 6.07) is 6.55. The van der Waals surface area contributed by atoms with Crippen molar-refractivity contribution in [3.05, 3.63) is 29.8 Å². The maximum atomic E-state index is 11.4. The highest BCUT2D eigenvalue weighted by Crippen LogP contribution is 2.19. The van der Waals surface area contributed by atoms with Gasteiger partial charge in [-0.15, -0.1) is 0 Å². The summed E-state index contributed by atoms with van der Waals surface area (Å²) in [5.41, 5.74) is 0.814. The van der Waals surface area contributed by atoms with Crippen LogP contribution in [0.5, 0.6) is 0 Å². The minimum atomic E-state index is -3.69. The van der Waals surface area contributed by atoms with Gasteiger partial charge in [-0.25, -0.2) is 13.6 Å². The zero-order valence-electron chi connectivity index (χ0n) is 15.4. The van der Waals surface area contributed by atoms with Crippen LogP contribution >= 0.6 is 0 Å². The minimum absolute atomic E-state index is 0.108. The van der Waals surface area contributed by atoms with Gasteiger partial charge in [0.2, 0.25) is 10.0 Å². The molecule has 7 nitrogen and oxygen atoms in total. The molecule has 0 aliphatic heterocycles. The molecule has 0 radical (unpaired) electrons. The van der Waals surface area contributed by atoms with Gasteiger partial charge in [0, 0.05) is 20.1 Å². The monoisotopic (exact) mass is 382 g/mol. The molecule has 1 aromatic rings. The van der Waals surface area contributed by atoms with Crippen molar-refractivity contribution in [1.82, 2.24) is 10.6 Å². The minimum Gasteiger partial charge on any atom is -0.376 e. The van der Waals surface area contributed by atoms with Gasteiger partial charge in [0.05, 0.1) is 17.6 Å². The molecule has 0 spiro atoms. The molecular weight excluding hydrogens is 352 g/mol. The Morgan fingerprint density at radius 3 is 2.62 bits per heavy atom. The fourth-order valence-electron chi connectivity index (χ4n) is 3.04. The van der Waals surface area contributed by atoms with Crippen LogP contribution in [0.2, 0.25) is 0 Å². The third kappa shape index (κ3) is 7.31. The molecule has 1 fully saturated rings. The third-order valence-corrected chi connectivity index (χ3v) is 5.37. The summed E-state index contributed by atoms with van der Waals surface area (Å²) in [7, 11) is -1.99. The molecule has 26 heavy (non-hydrogen) atoms. The molecule has 0 amide bonds. The number of primary sulfonamides is 1. The molecule has 8 heteroatoms. The lowest BCUT2D eigenvalue weighted by Crippen LogP contribution is -2.39. The van der Waals surface area contributed by atoms with Crippen LogP contribution in [-0.2, 0) is 21.3 Å². The van der Waals surface area contributed by atoms with Crippen molar-refractivity contribution in [1.29, 1.82) is 0 Å². The first-order chi connectivity index (χ1) is 12.5. The number of nitrogens with one attached hydrogen (secondary N) is 2. The first kappa shape index (κ1) is 20.7. The second-order valence-corrected chi connectivity index (χ2v) is 8.09. The summed E-state index contributed by atoms with van der Waals surface area (Å²) in [5.74, 6) is 0.649. The molecule has 0 saturated heterocycles. The van der Waals surface area contributed by atoms with Crippen molar-refractivity contribution in [3.63, 3.8) is 0 Å². The van der Waals surface area contributed by atoms with Crippen LogP contribution in [-0.4, -0.2) is 40.7 Å². The van der Waals surface area contributed by atoms with Crippen LogP contribution in [0.25, 0.3) is 0 Å². The highest BCUT2D eigenvalue weighted by molar-refractivity contribution is 7.89. The Kier molecular flexibility index (Phi) is 8.34. The van der Waals surface area contributed by atoms with Gasteiger partial charge in [-0.2, -0.15) is 0 Å². The summed E-state index contributed by atoms with van der Waals surface area (Å²) < 4.78 is 28.8. The zero-order chi connectivity index (χ0) is 18.8. The molecule has 1 saturated carbocycles. The van der Waals surface area contributed by atoms with Crippen molar-refractivity contribution in [2.75, 3.05) is 20.2 Å². The largest absolute Gasteiger partial charge is 0.376 e. The Labute approximate surface area is 156 Å². The maximum absolute atomic E-state index is 11.4. The van der Waals surface area contributed by atoms with E-state index in [4.69, 9.17) is 9.88 Å². The SMILES string of the molecule is CN=C(NCCOC1CCCCCC1)NCc1cccc(S(N)(=O)=O)c1. The number of nitrogens with two attached hydrogens (primary N) is 1. The van der Waals surface area contributed by atoms with Crippen LogP contribution in [0.15, 0.2) is 34.2 Å². The first-order valence-corrected chi connectivity index (χ1v) is 10.7. The fourth-order valence-corrected chi connectivity index (χ4v) is 3.63. The number of benzene rings is 1. The summed E-state index contributed by atoms with van der Waals surface area (Å²) in [5, 5.41) is 11.5. The number of aliphatic imine (C=N–C) groups is 1. The van der Waals surface area contributed by atoms with Gasteiger partial charge >= 0.3 is 0 Å². The molecule has 4 N–H and O–H groups in total. The van der Waals surface area contributed by atoms with Crippen molar-refractivity contribution in [2.45, 2.75) is 56.1 Å². The lowest BCUT2D eigenvalue weighted by Gasteiger charge is -2.17. The van der Waals surface area contributed by atoms with Crippen molar-refractivity contribution < 1.29 is 13.2 Å². The Morgan fingerprint density at radius 1 is 1.23 bits per heavy atom. The molecule has 146 valence electrons. The van der Waals surface area contributed by atoms with Crippen LogP contribution < -0.4 is 15.8 Å². The highest BCUT2D eigenvalue weighted by Gasteiger charge is 2.12. The Bertz CT molecular complexity index is 683. The van der Waals surface area contributed by atoms with Crippen LogP contribution in [0.3, 0.4) is 0 Å². The molecule has 1 aromatic carbocycles. The molecule has 0 unspecified atom stereocenters. The van der Waals surface area contributed by atoms with Gasteiger partial charge in [-0.1, -0.05) is 37.8 Å². The lowest BCUT2D eigenvalue weighted by molar-refractivity contribution is 0.0468. The number of sulfonamides is 1. The number of hydrogen-bond donors (Lipinski definition) is 3. The smallest absolute Gasteiger partial charge is 0.238 e. The van der Waals surface area contributed by atoms with Gasteiger partial charge < -0.3 is 15.4 Å². The van der Waals surface area contributed by atoms with E-state index in [0.717, 1.165) is 18.4 Å². The van der Waals surface area contributed by atoms with Gasteiger partial charge in [0.1, 0.15) is 0 Å². The zero-order valence-corrected chi connectivity index (χ0v) is 16.2. The molecule has 1 aliphatic rings. The van der Waals surface area contributed by atoms with E-state index in [1.807, 2.05) is 6.07 Å². The summed E-state index contributed by atoms with van der Waals surface area (Å²) >= 11 is 0. The molecule has 1 aliphatic carbocycles. The van der Waals surface area contributed by atoms with Crippen molar-refractivity contribution in [3.8, 4) is 0 Å². The number of guanidine groups is 1. The second kappa shape index (κ2) is 10.5. The number of nitrogens with zero attached hydrogens (tertiary/aromatic N) is 1. The normalized spacial score (nSPS) is 16.9. The second-order valence-electron chi connectivity index (χ2n) is 6.53. The van der Waals surface area contributed by atoms with E-state index in [9.17, 15) is 8.42 Å². The van der Waals surface area contributed by atoms with Crippen LogP contribution in [0.4, 0.5) is 0 Å². The standard InChI is InChI=1S/C18H30N4O3S/c1-20-18(21-11-12-25-16-8-4-2-3-5-9-16)22-14-15-7-6-10-17(13-15)26(19,23)24/h6-7,10,13,16H,2-5,8-9,11-12,14H2,1H3,(H2,19,23,24)(H2,20,21,22). The molecule has 0 aromatic heterocycles. The molecule has 0 atom stereocenters. The van der Waals surface area contributed by atoms with Crippen molar-refractivity contribution >= 4 is 16.0 Å². The van der Waals surface area contributed by atoms with E-state index < -0.39 is 10.0 Å². The Balaban J connectivity index is 1.72. The quantitative estimate of drug-likeness (QED) is 0.288. The Morgan fingerprint density at radius 2 is 1.96 bits per heavy atom. The number of rotatable bonds is 7. The first-order valence-electron chi connectivity index (χ1n) is 9.17. The summed E-state index contributed by atoms with van der Waals surface area (Å²) in [6.45, 7) is 1.77. The molecule has 0 bridgehead atoms.